The molecule has 4 nitrogen and oxygen atoms in total. The number of hydrogen-bond donors (Lipinski definition) is 1. The summed E-state index contributed by atoms with van der Waals surface area (Å²) in [4.78, 5) is 23.5. The van der Waals surface area contributed by atoms with Crippen LogP contribution in [0, 0.1) is 0 Å². The zero-order valence-electron chi connectivity index (χ0n) is 7.62. The molecule has 4 heteroatoms. The molecule has 72 valence electrons. The Kier molecular flexibility index (Phi) is 2.70. The van der Waals surface area contributed by atoms with Crippen molar-refractivity contribution in [2.75, 3.05) is 6.54 Å². The summed E-state index contributed by atoms with van der Waals surface area (Å²) in [6.07, 6.45) is 1.31. The van der Waals surface area contributed by atoms with E-state index in [9.17, 15) is 9.59 Å². The van der Waals surface area contributed by atoms with Crippen LogP contribution in [0.1, 0.15) is 19.8 Å². The van der Waals surface area contributed by atoms with Crippen LogP contribution < -0.4 is 0 Å². The Bertz CT molecular complexity index is 260. The number of carboxylic acids is 1. The topological polar surface area (TPSA) is 57.6 Å². The second kappa shape index (κ2) is 3.60. The summed E-state index contributed by atoms with van der Waals surface area (Å²) in [5, 5.41) is 8.79. The van der Waals surface area contributed by atoms with Gasteiger partial charge in [-0.15, -0.1) is 0 Å². The van der Waals surface area contributed by atoms with Crippen molar-refractivity contribution in [3.63, 3.8) is 0 Å². The highest BCUT2D eigenvalue weighted by Gasteiger charge is 2.33. The first-order valence-electron chi connectivity index (χ1n) is 4.23. The Morgan fingerprint density at radius 3 is 2.62 bits per heavy atom. The van der Waals surface area contributed by atoms with Crippen LogP contribution in [-0.2, 0) is 9.59 Å². The Morgan fingerprint density at radius 2 is 2.15 bits per heavy atom. The molecule has 1 amide bonds. The molecule has 1 saturated heterocycles. The molecular weight excluding hydrogens is 170 g/mol. The SMILES string of the molecule is C=C(C)C(=O)N1CCC[C@@H]1C(=O)O. The van der Waals surface area contributed by atoms with Gasteiger partial charge in [-0.1, -0.05) is 6.58 Å². The third-order valence-electron chi connectivity index (χ3n) is 2.16. The zero-order valence-corrected chi connectivity index (χ0v) is 7.62. The quantitative estimate of drug-likeness (QED) is 0.639. The van der Waals surface area contributed by atoms with E-state index in [1.165, 1.54) is 4.90 Å². The lowest BCUT2D eigenvalue weighted by Crippen LogP contribution is -2.40. The molecule has 13 heavy (non-hydrogen) atoms. The molecule has 0 radical (unpaired) electrons. The Morgan fingerprint density at radius 1 is 1.54 bits per heavy atom. The highest BCUT2D eigenvalue weighted by molar-refractivity contribution is 5.95. The summed E-state index contributed by atoms with van der Waals surface area (Å²) >= 11 is 0. The molecule has 0 saturated carbocycles. The van der Waals surface area contributed by atoms with Crippen LogP contribution in [0.4, 0.5) is 0 Å². The van der Waals surface area contributed by atoms with Crippen molar-refractivity contribution in [2.45, 2.75) is 25.8 Å². The van der Waals surface area contributed by atoms with Gasteiger partial charge >= 0.3 is 5.97 Å². The molecule has 1 atom stereocenters. The highest BCUT2D eigenvalue weighted by atomic mass is 16.4. The number of likely N-dealkylation sites (tertiary alicyclic amines) is 1. The first kappa shape index (κ1) is 9.77. The van der Waals surface area contributed by atoms with E-state index in [0.717, 1.165) is 6.42 Å². The standard InChI is InChI=1S/C9H13NO3/c1-6(2)8(11)10-5-3-4-7(10)9(12)13/h7H,1,3-5H2,2H3,(H,12,13)/t7-/m1/s1. The van der Waals surface area contributed by atoms with Gasteiger partial charge in [0.1, 0.15) is 6.04 Å². The van der Waals surface area contributed by atoms with Crippen LogP contribution >= 0.6 is 0 Å². The summed E-state index contributed by atoms with van der Waals surface area (Å²) in [5.41, 5.74) is 0.396. The van der Waals surface area contributed by atoms with Crippen LogP contribution in [0.15, 0.2) is 12.2 Å². The van der Waals surface area contributed by atoms with Crippen molar-refractivity contribution in [1.29, 1.82) is 0 Å². The maximum absolute atomic E-state index is 11.4. The second-order valence-corrected chi connectivity index (χ2v) is 3.28. The largest absolute Gasteiger partial charge is 0.480 e. The average molecular weight is 183 g/mol. The van der Waals surface area contributed by atoms with Crippen molar-refractivity contribution < 1.29 is 14.7 Å². The number of carboxylic acid groups (broad SMARTS) is 1. The maximum atomic E-state index is 11.4. The van der Waals surface area contributed by atoms with Gasteiger partial charge in [0.2, 0.25) is 5.91 Å². The van der Waals surface area contributed by atoms with Crippen molar-refractivity contribution in [2.24, 2.45) is 0 Å². The van der Waals surface area contributed by atoms with E-state index in [-0.39, 0.29) is 5.91 Å². The number of hydrogen-bond acceptors (Lipinski definition) is 2. The molecule has 0 spiro atoms. The minimum absolute atomic E-state index is 0.245. The molecule has 0 aromatic heterocycles. The number of amides is 1. The molecule has 0 aliphatic carbocycles. The molecular formula is C9H13NO3. The van der Waals surface area contributed by atoms with E-state index in [1.54, 1.807) is 6.92 Å². The lowest BCUT2D eigenvalue weighted by molar-refractivity contribution is -0.146. The van der Waals surface area contributed by atoms with Crippen molar-refractivity contribution in [1.82, 2.24) is 4.90 Å². The molecule has 0 aromatic rings. The minimum atomic E-state index is -0.924. The van der Waals surface area contributed by atoms with E-state index < -0.39 is 12.0 Å². The predicted octanol–water partition coefficient (Wildman–Crippen LogP) is 0.638. The average Bonchev–Trinajstić information content (AvgIpc) is 2.50. The summed E-state index contributed by atoms with van der Waals surface area (Å²) in [6.45, 7) is 5.64. The summed E-state index contributed by atoms with van der Waals surface area (Å²) in [5.74, 6) is -1.17. The van der Waals surface area contributed by atoms with Gasteiger partial charge in [-0.3, -0.25) is 4.79 Å². The molecule has 1 heterocycles. The lowest BCUT2D eigenvalue weighted by Gasteiger charge is -2.21. The van der Waals surface area contributed by atoms with Crippen LogP contribution in [0.25, 0.3) is 0 Å². The number of carbonyl (C=O) groups excluding carboxylic acids is 1. The second-order valence-electron chi connectivity index (χ2n) is 3.28. The summed E-state index contributed by atoms with van der Waals surface area (Å²) in [6, 6.07) is -0.649. The normalized spacial score (nSPS) is 21.6. The van der Waals surface area contributed by atoms with Gasteiger partial charge in [-0.05, 0) is 19.8 Å². The van der Waals surface area contributed by atoms with Gasteiger partial charge in [0, 0.05) is 12.1 Å². The van der Waals surface area contributed by atoms with Gasteiger partial charge in [0.05, 0.1) is 0 Å². The number of carbonyl (C=O) groups is 2. The fourth-order valence-corrected chi connectivity index (χ4v) is 1.51. The van der Waals surface area contributed by atoms with E-state index >= 15 is 0 Å². The first-order valence-corrected chi connectivity index (χ1v) is 4.23. The van der Waals surface area contributed by atoms with Gasteiger partial charge in [0.25, 0.3) is 0 Å². The Balaban J connectivity index is 2.74. The first-order chi connectivity index (χ1) is 6.04. The third-order valence-corrected chi connectivity index (χ3v) is 2.16. The summed E-state index contributed by atoms with van der Waals surface area (Å²) < 4.78 is 0. The molecule has 1 fully saturated rings. The summed E-state index contributed by atoms with van der Waals surface area (Å²) in [7, 11) is 0. The fraction of sp³-hybridized carbons (Fsp3) is 0.556. The minimum Gasteiger partial charge on any atom is -0.480 e. The Labute approximate surface area is 76.8 Å². The Hall–Kier alpha value is -1.32. The highest BCUT2D eigenvalue weighted by Crippen LogP contribution is 2.19. The van der Waals surface area contributed by atoms with Crippen LogP contribution in [0.5, 0.6) is 0 Å². The molecule has 1 aliphatic heterocycles. The molecule has 0 bridgehead atoms. The predicted molar refractivity (Wildman–Crippen MR) is 47.2 cm³/mol. The number of rotatable bonds is 2. The maximum Gasteiger partial charge on any atom is 0.326 e. The molecule has 1 aliphatic rings. The van der Waals surface area contributed by atoms with Crippen LogP contribution in [0.3, 0.4) is 0 Å². The third kappa shape index (κ3) is 1.88. The molecule has 1 N–H and O–H groups in total. The van der Waals surface area contributed by atoms with Gasteiger partial charge in [-0.25, -0.2) is 4.79 Å². The van der Waals surface area contributed by atoms with E-state index in [1.807, 2.05) is 0 Å². The smallest absolute Gasteiger partial charge is 0.326 e. The van der Waals surface area contributed by atoms with Crippen molar-refractivity contribution in [3.8, 4) is 0 Å². The monoisotopic (exact) mass is 183 g/mol. The van der Waals surface area contributed by atoms with E-state index in [4.69, 9.17) is 5.11 Å². The van der Waals surface area contributed by atoms with Gasteiger partial charge in [-0.2, -0.15) is 0 Å². The molecule has 0 aromatic carbocycles. The van der Waals surface area contributed by atoms with Gasteiger partial charge in [0.15, 0.2) is 0 Å². The van der Waals surface area contributed by atoms with Gasteiger partial charge < -0.3 is 10.0 Å². The molecule has 0 unspecified atom stereocenters. The number of aliphatic carboxylic acids is 1. The van der Waals surface area contributed by atoms with E-state index in [2.05, 4.69) is 6.58 Å². The van der Waals surface area contributed by atoms with Crippen molar-refractivity contribution in [3.05, 3.63) is 12.2 Å². The fourth-order valence-electron chi connectivity index (χ4n) is 1.51. The number of nitrogens with zero attached hydrogens (tertiary/aromatic N) is 1. The molecule has 1 rings (SSSR count). The van der Waals surface area contributed by atoms with E-state index in [0.29, 0.717) is 18.5 Å². The van der Waals surface area contributed by atoms with Crippen LogP contribution in [0.2, 0.25) is 0 Å². The lowest BCUT2D eigenvalue weighted by atomic mass is 10.2. The van der Waals surface area contributed by atoms with Crippen molar-refractivity contribution >= 4 is 11.9 Å². The van der Waals surface area contributed by atoms with Crippen LogP contribution in [-0.4, -0.2) is 34.5 Å². The zero-order chi connectivity index (χ0) is 10.0.